The number of carbonyl (C=O) groups is 1. The molecule has 2 atom stereocenters. The molecule has 2 saturated heterocycles. The predicted octanol–water partition coefficient (Wildman–Crippen LogP) is 2.88. The van der Waals surface area contributed by atoms with E-state index < -0.39 is 0 Å². The third-order valence-electron chi connectivity index (χ3n) is 5.07. The van der Waals surface area contributed by atoms with E-state index in [4.69, 9.17) is 0 Å². The van der Waals surface area contributed by atoms with Crippen LogP contribution >= 0.6 is 0 Å². The lowest BCUT2D eigenvalue weighted by molar-refractivity contribution is -0.123. The number of rotatable bonds is 3. The molecular formula is C18H21N3O. The molecule has 2 aromatic rings. The Morgan fingerprint density at radius 1 is 1.14 bits per heavy atom. The molecule has 0 saturated carbocycles. The smallest absolute Gasteiger partial charge is 0.136 e. The second-order valence-corrected chi connectivity index (χ2v) is 6.47. The Kier molecular flexibility index (Phi) is 3.34. The topological polar surface area (TPSA) is 38.1 Å². The fourth-order valence-corrected chi connectivity index (χ4v) is 4.04. The van der Waals surface area contributed by atoms with Crippen LogP contribution < -0.4 is 0 Å². The molecule has 0 N–H and O–H groups in total. The van der Waals surface area contributed by atoms with Crippen molar-refractivity contribution in [3.05, 3.63) is 48.0 Å². The number of carbonyl (C=O) groups excluding carboxylic acids is 1. The van der Waals surface area contributed by atoms with Crippen molar-refractivity contribution < 1.29 is 4.79 Å². The second kappa shape index (κ2) is 5.36. The number of piperidine rings is 1. The number of imidazole rings is 1. The van der Waals surface area contributed by atoms with E-state index in [0.717, 1.165) is 43.7 Å². The van der Waals surface area contributed by atoms with Crippen LogP contribution in [0.25, 0.3) is 5.69 Å². The van der Waals surface area contributed by atoms with Crippen molar-refractivity contribution in [1.29, 1.82) is 0 Å². The van der Waals surface area contributed by atoms with Gasteiger partial charge in [0.05, 0.1) is 11.9 Å². The van der Waals surface area contributed by atoms with Crippen LogP contribution in [0.4, 0.5) is 0 Å². The zero-order valence-electron chi connectivity index (χ0n) is 12.9. The Labute approximate surface area is 130 Å². The Balaban J connectivity index is 1.64. The highest BCUT2D eigenvalue weighted by molar-refractivity contribution is 5.80. The largest absolute Gasteiger partial charge is 0.300 e. The van der Waals surface area contributed by atoms with E-state index in [-0.39, 0.29) is 0 Å². The van der Waals surface area contributed by atoms with Crippen molar-refractivity contribution in [3.8, 4) is 5.69 Å². The molecule has 2 aliphatic rings. The molecule has 3 heterocycles. The van der Waals surface area contributed by atoms with Gasteiger partial charge in [0, 0.05) is 37.2 Å². The molecule has 2 unspecified atom stereocenters. The van der Waals surface area contributed by atoms with Crippen LogP contribution in [0, 0.1) is 6.92 Å². The molecule has 4 rings (SSSR count). The van der Waals surface area contributed by atoms with Gasteiger partial charge in [0.25, 0.3) is 0 Å². The maximum Gasteiger partial charge on any atom is 0.136 e. The van der Waals surface area contributed by atoms with Crippen molar-refractivity contribution >= 4 is 5.78 Å². The number of hydrogen-bond acceptors (Lipinski definition) is 3. The number of aromatic nitrogens is 2. The lowest BCUT2D eigenvalue weighted by atomic mass is 10.0. The monoisotopic (exact) mass is 295 g/mol. The summed E-state index contributed by atoms with van der Waals surface area (Å²) in [4.78, 5) is 18.8. The molecule has 2 fully saturated rings. The Morgan fingerprint density at radius 3 is 2.50 bits per heavy atom. The molecule has 22 heavy (non-hydrogen) atoms. The summed E-state index contributed by atoms with van der Waals surface area (Å²) in [7, 11) is 0. The first kappa shape index (κ1) is 13.7. The zero-order chi connectivity index (χ0) is 15.1. The molecule has 0 amide bonds. The standard InChI is InChI=1S/C18H21N3O/c1-13-19-11-17(21(13)14-5-3-2-4-6-14)12-20-15-7-8-16(20)10-18(22)9-15/h2-6,11,15-16H,7-10,12H2,1H3. The number of hydrogen-bond donors (Lipinski definition) is 0. The van der Waals surface area contributed by atoms with Gasteiger partial charge in [-0.15, -0.1) is 0 Å². The predicted molar refractivity (Wildman–Crippen MR) is 84.9 cm³/mol. The third kappa shape index (κ3) is 2.28. The van der Waals surface area contributed by atoms with Crippen molar-refractivity contribution in [2.45, 2.75) is 51.2 Å². The average molecular weight is 295 g/mol. The molecule has 2 bridgehead atoms. The average Bonchev–Trinajstić information content (AvgIpc) is 2.99. The molecule has 2 aliphatic heterocycles. The first-order chi connectivity index (χ1) is 10.7. The van der Waals surface area contributed by atoms with Gasteiger partial charge >= 0.3 is 0 Å². The number of para-hydroxylation sites is 1. The molecule has 4 nitrogen and oxygen atoms in total. The minimum Gasteiger partial charge on any atom is -0.300 e. The zero-order valence-corrected chi connectivity index (χ0v) is 12.9. The van der Waals surface area contributed by atoms with E-state index in [2.05, 4.69) is 38.7 Å². The first-order valence-electron chi connectivity index (χ1n) is 8.08. The highest BCUT2D eigenvalue weighted by atomic mass is 16.1. The summed E-state index contributed by atoms with van der Waals surface area (Å²) in [6, 6.07) is 11.3. The Morgan fingerprint density at radius 2 is 1.82 bits per heavy atom. The number of fused-ring (bicyclic) bond motifs is 2. The van der Waals surface area contributed by atoms with Crippen molar-refractivity contribution in [2.24, 2.45) is 0 Å². The van der Waals surface area contributed by atoms with Gasteiger partial charge in [-0.05, 0) is 31.9 Å². The second-order valence-electron chi connectivity index (χ2n) is 6.47. The summed E-state index contributed by atoms with van der Waals surface area (Å²) in [5, 5.41) is 0. The molecule has 1 aromatic heterocycles. The van der Waals surface area contributed by atoms with Crippen LogP contribution in [0.2, 0.25) is 0 Å². The summed E-state index contributed by atoms with van der Waals surface area (Å²) in [5.74, 6) is 1.46. The molecule has 114 valence electrons. The van der Waals surface area contributed by atoms with Gasteiger partial charge in [-0.25, -0.2) is 4.98 Å². The van der Waals surface area contributed by atoms with E-state index in [1.807, 2.05) is 19.2 Å². The van der Waals surface area contributed by atoms with Crippen LogP contribution in [0.3, 0.4) is 0 Å². The molecule has 1 aromatic carbocycles. The number of Topliss-reactive ketones (excluding diaryl/α,β-unsaturated/α-hetero) is 1. The van der Waals surface area contributed by atoms with E-state index in [9.17, 15) is 4.79 Å². The van der Waals surface area contributed by atoms with Crippen LogP contribution in [0.15, 0.2) is 36.5 Å². The Hall–Kier alpha value is -1.94. The van der Waals surface area contributed by atoms with Crippen LogP contribution in [0.5, 0.6) is 0 Å². The van der Waals surface area contributed by atoms with E-state index in [1.54, 1.807) is 0 Å². The molecule has 0 spiro atoms. The van der Waals surface area contributed by atoms with E-state index in [1.165, 1.54) is 5.69 Å². The summed E-state index contributed by atoms with van der Waals surface area (Å²) >= 11 is 0. The van der Waals surface area contributed by atoms with Crippen LogP contribution in [-0.2, 0) is 11.3 Å². The normalized spacial score (nSPS) is 24.9. The highest BCUT2D eigenvalue weighted by Gasteiger charge is 2.40. The highest BCUT2D eigenvalue weighted by Crippen LogP contribution is 2.35. The van der Waals surface area contributed by atoms with Crippen LogP contribution in [0.1, 0.15) is 37.2 Å². The fourth-order valence-electron chi connectivity index (χ4n) is 4.04. The van der Waals surface area contributed by atoms with Crippen molar-refractivity contribution in [3.63, 3.8) is 0 Å². The van der Waals surface area contributed by atoms with Gasteiger partial charge in [-0.3, -0.25) is 14.3 Å². The maximum absolute atomic E-state index is 11.8. The summed E-state index contributed by atoms with van der Waals surface area (Å²) in [6.45, 7) is 2.93. The van der Waals surface area contributed by atoms with Gasteiger partial charge in [0.15, 0.2) is 0 Å². The van der Waals surface area contributed by atoms with Gasteiger partial charge in [0.1, 0.15) is 11.6 Å². The molecule has 0 radical (unpaired) electrons. The van der Waals surface area contributed by atoms with E-state index in [0.29, 0.717) is 17.9 Å². The lowest BCUT2D eigenvalue weighted by Gasteiger charge is -2.34. The number of aryl methyl sites for hydroxylation is 1. The van der Waals surface area contributed by atoms with Gasteiger partial charge in [-0.1, -0.05) is 18.2 Å². The molecular weight excluding hydrogens is 274 g/mol. The van der Waals surface area contributed by atoms with Crippen molar-refractivity contribution in [2.75, 3.05) is 0 Å². The summed E-state index contributed by atoms with van der Waals surface area (Å²) in [6.07, 6.45) is 5.77. The van der Waals surface area contributed by atoms with Crippen LogP contribution in [-0.4, -0.2) is 32.3 Å². The minimum atomic E-state index is 0.436. The fraction of sp³-hybridized carbons (Fsp3) is 0.444. The van der Waals surface area contributed by atoms with Gasteiger partial charge in [0.2, 0.25) is 0 Å². The summed E-state index contributed by atoms with van der Waals surface area (Å²) < 4.78 is 2.23. The number of benzene rings is 1. The van der Waals surface area contributed by atoms with E-state index >= 15 is 0 Å². The number of nitrogens with zero attached hydrogens (tertiary/aromatic N) is 3. The summed E-state index contributed by atoms with van der Waals surface area (Å²) in [5.41, 5.74) is 2.38. The lowest BCUT2D eigenvalue weighted by Crippen LogP contribution is -2.42. The Bertz CT molecular complexity index is 676. The third-order valence-corrected chi connectivity index (χ3v) is 5.07. The molecule has 0 aliphatic carbocycles. The maximum atomic E-state index is 11.8. The number of ketones is 1. The molecule has 4 heteroatoms. The van der Waals surface area contributed by atoms with Crippen molar-refractivity contribution in [1.82, 2.24) is 14.5 Å². The first-order valence-corrected chi connectivity index (χ1v) is 8.08. The minimum absolute atomic E-state index is 0.436. The van der Waals surface area contributed by atoms with Gasteiger partial charge in [-0.2, -0.15) is 0 Å². The van der Waals surface area contributed by atoms with Gasteiger partial charge < -0.3 is 0 Å². The SMILES string of the molecule is Cc1ncc(CN2C3CCC2CC(=O)C3)n1-c1ccccc1. The quantitative estimate of drug-likeness (QED) is 0.874.